The zero-order valence-electron chi connectivity index (χ0n) is 8.61. The molecule has 1 saturated carbocycles. The maximum atomic E-state index is 12.3. The van der Waals surface area contributed by atoms with Crippen LogP contribution in [0.1, 0.15) is 19.8 Å². The van der Waals surface area contributed by atoms with Gasteiger partial charge in [0, 0.05) is 12.6 Å². The lowest BCUT2D eigenvalue weighted by atomic mass is 10.6. The van der Waals surface area contributed by atoms with Crippen LogP contribution in [0.3, 0.4) is 0 Å². The Morgan fingerprint density at radius 3 is 2.62 bits per heavy atom. The highest BCUT2D eigenvalue weighted by Crippen LogP contribution is 2.38. The molecule has 2 rings (SSSR count). The van der Waals surface area contributed by atoms with Gasteiger partial charge in [-0.15, -0.1) is 11.3 Å². The maximum Gasteiger partial charge on any atom is 0.252 e. The van der Waals surface area contributed by atoms with Crippen LogP contribution in [0.2, 0.25) is 5.02 Å². The fourth-order valence-electron chi connectivity index (χ4n) is 1.56. The molecule has 0 unspecified atom stereocenters. The zero-order chi connectivity index (χ0) is 11.9. The maximum absolute atomic E-state index is 12.3. The topological polar surface area (TPSA) is 37.4 Å². The molecule has 1 fully saturated rings. The van der Waals surface area contributed by atoms with Crippen molar-refractivity contribution in [1.29, 1.82) is 0 Å². The third-order valence-corrected chi connectivity index (χ3v) is 7.40. The summed E-state index contributed by atoms with van der Waals surface area (Å²) in [6.07, 6.45) is 1.93. The molecular formula is C9H11BrClNO2S2. The van der Waals surface area contributed by atoms with E-state index < -0.39 is 10.0 Å². The lowest BCUT2D eigenvalue weighted by molar-refractivity contribution is 0.422. The number of hydrogen-bond acceptors (Lipinski definition) is 3. The molecule has 1 aliphatic rings. The van der Waals surface area contributed by atoms with E-state index >= 15 is 0 Å². The molecule has 0 saturated heterocycles. The van der Waals surface area contributed by atoms with Gasteiger partial charge in [0.1, 0.15) is 4.21 Å². The summed E-state index contributed by atoms with van der Waals surface area (Å²) in [6.45, 7) is 2.38. The van der Waals surface area contributed by atoms with Crippen LogP contribution in [-0.2, 0) is 10.0 Å². The molecule has 0 bridgehead atoms. The summed E-state index contributed by atoms with van der Waals surface area (Å²) in [5, 5.41) is 0.454. The third-order valence-electron chi connectivity index (χ3n) is 2.45. The van der Waals surface area contributed by atoms with E-state index in [9.17, 15) is 8.42 Å². The summed E-state index contributed by atoms with van der Waals surface area (Å²) in [4.78, 5) is 0. The molecule has 7 heteroatoms. The summed E-state index contributed by atoms with van der Waals surface area (Å²) in [6, 6.07) is 1.70. The Balaban J connectivity index is 2.37. The summed E-state index contributed by atoms with van der Waals surface area (Å²) in [7, 11) is -3.35. The Labute approximate surface area is 113 Å². The summed E-state index contributed by atoms with van der Waals surface area (Å²) in [5.41, 5.74) is 0. The SMILES string of the molecule is CCN(C1CC1)S(=O)(=O)c1cc(Cl)c(Br)s1. The van der Waals surface area contributed by atoms with Crippen molar-refractivity contribution in [2.45, 2.75) is 30.0 Å². The highest BCUT2D eigenvalue weighted by atomic mass is 79.9. The van der Waals surface area contributed by atoms with Gasteiger partial charge in [-0.1, -0.05) is 18.5 Å². The predicted molar refractivity (Wildman–Crippen MR) is 69.6 cm³/mol. The molecule has 0 aliphatic heterocycles. The third kappa shape index (κ3) is 2.31. The van der Waals surface area contributed by atoms with Crippen molar-refractivity contribution >= 4 is 48.9 Å². The zero-order valence-corrected chi connectivity index (χ0v) is 12.6. The van der Waals surface area contributed by atoms with Crippen LogP contribution >= 0.6 is 38.9 Å². The highest BCUT2D eigenvalue weighted by Gasteiger charge is 2.37. The second kappa shape index (κ2) is 4.57. The van der Waals surface area contributed by atoms with E-state index in [-0.39, 0.29) is 6.04 Å². The van der Waals surface area contributed by atoms with Crippen LogP contribution in [0, 0.1) is 0 Å². The van der Waals surface area contributed by atoms with Crippen LogP contribution < -0.4 is 0 Å². The molecule has 1 aliphatic carbocycles. The van der Waals surface area contributed by atoms with E-state index in [4.69, 9.17) is 11.6 Å². The van der Waals surface area contributed by atoms with Gasteiger partial charge in [-0.25, -0.2) is 8.42 Å². The monoisotopic (exact) mass is 343 g/mol. The van der Waals surface area contributed by atoms with Crippen molar-refractivity contribution in [2.24, 2.45) is 0 Å². The minimum Gasteiger partial charge on any atom is -0.206 e. The number of sulfonamides is 1. The van der Waals surface area contributed by atoms with E-state index in [1.165, 1.54) is 17.4 Å². The van der Waals surface area contributed by atoms with Crippen molar-refractivity contribution in [3.63, 3.8) is 0 Å². The first kappa shape index (κ1) is 12.8. The standard InChI is InChI=1S/C9H11BrClNO2S2/c1-2-12(6-3-4-6)16(13,14)8-5-7(11)9(10)15-8/h5-6H,2-4H2,1H3. The van der Waals surface area contributed by atoms with Crippen molar-refractivity contribution < 1.29 is 8.42 Å². The molecule has 0 radical (unpaired) electrons. The molecule has 1 aromatic heterocycles. The van der Waals surface area contributed by atoms with Crippen LogP contribution in [0.15, 0.2) is 14.1 Å². The number of rotatable bonds is 4. The summed E-state index contributed by atoms with van der Waals surface area (Å²) < 4.78 is 27.1. The quantitative estimate of drug-likeness (QED) is 0.840. The Morgan fingerprint density at radius 1 is 1.62 bits per heavy atom. The second-order valence-corrected chi connectivity index (χ2v) is 8.52. The Bertz CT molecular complexity index is 476. The Hall–Kier alpha value is 0.380. The van der Waals surface area contributed by atoms with Crippen LogP contribution in [-0.4, -0.2) is 25.3 Å². The van der Waals surface area contributed by atoms with Gasteiger partial charge in [0.15, 0.2) is 0 Å². The predicted octanol–water partition coefficient (Wildman–Crippen LogP) is 3.34. The van der Waals surface area contributed by atoms with E-state index in [1.807, 2.05) is 6.92 Å². The van der Waals surface area contributed by atoms with E-state index in [2.05, 4.69) is 15.9 Å². The van der Waals surface area contributed by atoms with Gasteiger partial charge in [0.25, 0.3) is 10.0 Å². The number of hydrogen-bond donors (Lipinski definition) is 0. The van der Waals surface area contributed by atoms with Gasteiger partial charge >= 0.3 is 0 Å². The first-order valence-electron chi connectivity index (χ1n) is 4.93. The first-order chi connectivity index (χ1) is 7.46. The van der Waals surface area contributed by atoms with Crippen molar-refractivity contribution in [2.75, 3.05) is 6.54 Å². The summed E-state index contributed by atoms with van der Waals surface area (Å²) >= 11 is 10.3. The molecule has 0 atom stereocenters. The average Bonchev–Trinajstić information content (AvgIpc) is 2.96. The largest absolute Gasteiger partial charge is 0.252 e. The van der Waals surface area contributed by atoms with Gasteiger partial charge in [0.2, 0.25) is 0 Å². The van der Waals surface area contributed by atoms with E-state index in [1.54, 1.807) is 4.31 Å². The first-order valence-corrected chi connectivity index (χ1v) is 8.36. The molecule has 0 aromatic carbocycles. The highest BCUT2D eigenvalue weighted by molar-refractivity contribution is 9.11. The molecular weight excluding hydrogens is 334 g/mol. The van der Waals surface area contributed by atoms with Crippen molar-refractivity contribution in [3.05, 3.63) is 14.9 Å². The van der Waals surface area contributed by atoms with Crippen LogP contribution in [0.4, 0.5) is 0 Å². The normalized spacial score (nSPS) is 17.0. The lowest BCUT2D eigenvalue weighted by Crippen LogP contribution is -2.32. The number of halogens is 2. The molecule has 90 valence electrons. The Morgan fingerprint density at radius 2 is 2.25 bits per heavy atom. The number of nitrogens with zero attached hydrogens (tertiary/aromatic N) is 1. The number of thiophene rings is 1. The van der Waals surface area contributed by atoms with Gasteiger partial charge < -0.3 is 0 Å². The lowest BCUT2D eigenvalue weighted by Gasteiger charge is -2.18. The van der Waals surface area contributed by atoms with Crippen molar-refractivity contribution in [1.82, 2.24) is 4.31 Å². The van der Waals surface area contributed by atoms with Crippen molar-refractivity contribution in [3.8, 4) is 0 Å². The smallest absolute Gasteiger partial charge is 0.206 e. The van der Waals surface area contributed by atoms with Crippen LogP contribution in [0.25, 0.3) is 0 Å². The van der Waals surface area contributed by atoms with Gasteiger partial charge in [0.05, 0.1) is 8.81 Å². The van der Waals surface area contributed by atoms with E-state index in [0.29, 0.717) is 19.6 Å². The fourth-order valence-corrected chi connectivity index (χ4v) is 5.78. The Kier molecular flexibility index (Phi) is 3.66. The van der Waals surface area contributed by atoms with Gasteiger partial charge in [-0.05, 0) is 34.8 Å². The molecule has 0 N–H and O–H groups in total. The van der Waals surface area contributed by atoms with Gasteiger partial charge in [-0.2, -0.15) is 4.31 Å². The minimum absolute atomic E-state index is 0.189. The average molecular weight is 345 g/mol. The summed E-state index contributed by atoms with van der Waals surface area (Å²) in [5.74, 6) is 0. The van der Waals surface area contributed by atoms with Crippen LogP contribution in [0.5, 0.6) is 0 Å². The molecule has 0 spiro atoms. The molecule has 16 heavy (non-hydrogen) atoms. The molecule has 1 aromatic rings. The second-order valence-electron chi connectivity index (χ2n) is 3.63. The minimum atomic E-state index is -3.35. The molecule has 3 nitrogen and oxygen atoms in total. The molecule has 1 heterocycles. The fraction of sp³-hybridized carbons (Fsp3) is 0.556. The van der Waals surface area contributed by atoms with Gasteiger partial charge in [-0.3, -0.25) is 0 Å². The molecule has 0 amide bonds. The van der Waals surface area contributed by atoms with E-state index in [0.717, 1.165) is 12.8 Å².